The second kappa shape index (κ2) is 9.20. The van der Waals surface area contributed by atoms with E-state index in [9.17, 15) is 0 Å². The lowest BCUT2D eigenvalue weighted by Gasteiger charge is -2.34. The largest absolute Gasteiger partial charge is 0.314 e. The highest BCUT2D eigenvalue weighted by molar-refractivity contribution is 5.85. The lowest BCUT2D eigenvalue weighted by atomic mass is 9.96. The van der Waals surface area contributed by atoms with Crippen molar-refractivity contribution in [2.75, 3.05) is 26.2 Å². The molecule has 0 unspecified atom stereocenters. The quantitative estimate of drug-likeness (QED) is 0.932. The van der Waals surface area contributed by atoms with Gasteiger partial charge in [0.15, 0.2) is 0 Å². The molecule has 0 spiro atoms. The Bertz CT molecular complexity index is 451. The summed E-state index contributed by atoms with van der Waals surface area (Å²) in [5.41, 5.74) is 3.89. The molecule has 1 atom stereocenters. The first-order valence-corrected chi connectivity index (χ1v) is 6.61. The van der Waals surface area contributed by atoms with Gasteiger partial charge in [-0.3, -0.25) is 4.90 Å². The smallest absolute Gasteiger partial charge is 0.0641 e. The number of aryl methyl sites for hydroxylation is 2. The highest BCUT2D eigenvalue weighted by Gasteiger charge is 2.23. The normalized spacial score (nSPS) is 16.4. The molecule has 1 saturated heterocycles. The number of benzene rings is 1. The molecule has 1 heterocycles. The van der Waals surface area contributed by atoms with E-state index in [2.05, 4.69) is 48.3 Å². The maximum Gasteiger partial charge on any atom is 0.0641 e. The molecular formula is C15H23Cl2N3. The third-order valence-electron chi connectivity index (χ3n) is 3.66. The number of nitrogens with zero attached hydrogens (tertiary/aromatic N) is 2. The van der Waals surface area contributed by atoms with E-state index in [1.807, 2.05) is 0 Å². The van der Waals surface area contributed by atoms with Crippen LogP contribution in [0, 0.1) is 25.2 Å². The van der Waals surface area contributed by atoms with E-state index < -0.39 is 0 Å². The number of rotatable bonds is 3. The Morgan fingerprint density at radius 1 is 1.25 bits per heavy atom. The lowest BCUT2D eigenvalue weighted by Crippen LogP contribution is -2.45. The molecule has 1 aromatic carbocycles. The third-order valence-corrected chi connectivity index (χ3v) is 3.66. The molecule has 1 aromatic rings. The van der Waals surface area contributed by atoms with Gasteiger partial charge in [0.05, 0.1) is 12.5 Å². The molecule has 5 heteroatoms. The molecule has 2 rings (SSSR count). The Balaban J connectivity index is 0.00000180. The van der Waals surface area contributed by atoms with Crippen molar-refractivity contribution in [1.29, 1.82) is 5.26 Å². The van der Waals surface area contributed by atoms with Crippen molar-refractivity contribution in [2.24, 2.45) is 0 Å². The van der Waals surface area contributed by atoms with Gasteiger partial charge in [0.25, 0.3) is 0 Å². The van der Waals surface area contributed by atoms with Crippen molar-refractivity contribution in [3.8, 4) is 6.07 Å². The topological polar surface area (TPSA) is 39.1 Å². The molecule has 1 N–H and O–H groups in total. The number of nitrogens with one attached hydrogen (secondary N) is 1. The highest BCUT2D eigenvalue weighted by atomic mass is 35.5. The first kappa shape index (κ1) is 19.2. The van der Waals surface area contributed by atoms with Crippen LogP contribution in [0.25, 0.3) is 0 Å². The summed E-state index contributed by atoms with van der Waals surface area (Å²) >= 11 is 0. The first-order valence-electron chi connectivity index (χ1n) is 6.61. The van der Waals surface area contributed by atoms with Crippen molar-refractivity contribution in [3.63, 3.8) is 0 Å². The van der Waals surface area contributed by atoms with Crippen molar-refractivity contribution < 1.29 is 0 Å². The van der Waals surface area contributed by atoms with Crippen molar-refractivity contribution in [3.05, 3.63) is 34.9 Å². The van der Waals surface area contributed by atoms with E-state index in [1.165, 1.54) is 16.7 Å². The van der Waals surface area contributed by atoms with E-state index in [0.29, 0.717) is 6.42 Å². The Morgan fingerprint density at radius 2 is 1.90 bits per heavy atom. The molecule has 1 fully saturated rings. The molecule has 0 saturated carbocycles. The van der Waals surface area contributed by atoms with Gasteiger partial charge in [-0.25, -0.2) is 0 Å². The Kier molecular flexibility index (Phi) is 8.84. The third kappa shape index (κ3) is 4.64. The van der Waals surface area contributed by atoms with Crippen LogP contribution in [0.2, 0.25) is 0 Å². The fraction of sp³-hybridized carbons (Fsp3) is 0.533. The number of halogens is 2. The Labute approximate surface area is 134 Å². The summed E-state index contributed by atoms with van der Waals surface area (Å²) in [7, 11) is 0. The van der Waals surface area contributed by atoms with Gasteiger partial charge in [0.2, 0.25) is 0 Å². The maximum atomic E-state index is 9.08. The van der Waals surface area contributed by atoms with Crippen molar-refractivity contribution in [1.82, 2.24) is 10.2 Å². The van der Waals surface area contributed by atoms with Crippen LogP contribution in [0.5, 0.6) is 0 Å². The van der Waals surface area contributed by atoms with Gasteiger partial charge in [-0.2, -0.15) is 5.26 Å². The molecule has 0 aromatic heterocycles. The van der Waals surface area contributed by atoms with Crippen LogP contribution in [0.3, 0.4) is 0 Å². The predicted molar refractivity (Wildman–Crippen MR) is 87.8 cm³/mol. The Morgan fingerprint density at radius 3 is 2.45 bits per heavy atom. The summed E-state index contributed by atoms with van der Waals surface area (Å²) in [6, 6.07) is 9.14. The van der Waals surface area contributed by atoms with E-state index >= 15 is 0 Å². The SMILES string of the molecule is Cc1ccc([C@@H](CC#N)N2CCNCC2)c(C)c1.Cl.Cl. The van der Waals surface area contributed by atoms with Gasteiger partial charge < -0.3 is 5.32 Å². The van der Waals surface area contributed by atoms with E-state index in [1.54, 1.807) is 0 Å². The second-order valence-corrected chi connectivity index (χ2v) is 5.02. The monoisotopic (exact) mass is 315 g/mol. The van der Waals surface area contributed by atoms with Gasteiger partial charge in [-0.1, -0.05) is 23.8 Å². The molecule has 112 valence electrons. The Hall–Kier alpha value is -0.790. The summed E-state index contributed by atoms with van der Waals surface area (Å²) < 4.78 is 0. The minimum atomic E-state index is 0. The summed E-state index contributed by atoms with van der Waals surface area (Å²) in [4.78, 5) is 2.43. The molecule has 0 radical (unpaired) electrons. The summed E-state index contributed by atoms with van der Waals surface area (Å²) in [5.74, 6) is 0. The molecule has 3 nitrogen and oxygen atoms in total. The summed E-state index contributed by atoms with van der Waals surface area (Å²) in [6.07, 6.45) is 0.573. The van der Waals surface area contributed by atoms with Gasteiger partial charge in [-0.15, -0.1) is 24.8 Å². The number of nitriles is 1. The van der Waals surface area contributed by atoms with Gasteiger partial charge >= 0.3 is 0 Å². The van der Waals surface area contributed by atoms with E-state index in [-0.39, 0.29) is 30.9 Å². The van der Waals surface area contributed by atoms with Crippen LogP contribution < -0.4 is 5.32 Å². The minimum Gasteiger partial charge on any atom is -0.314 e. The second-order valence-electron chi connectivity index (χ2n) is 5.02. The first-order chi connectivity index (χ1) is 8.72. The van der Waals surface area contributed by atoms with Crippen LogP contribution in [-0.4, -0.2) is 31.1 Å². The molecule has 1 aliphatic rings. The minimum absolute atomic E-state index is 0. The zero-order valence-corrected chi connectivity index (χ0v) is 13.7. The van der Waals surface area contributed by atoms with E-state index in [4.69, 9.17) is 5.26 Å². The highest BCUT2D eigenvalue weighted by Crippen LogP contribution is 2.27. The van der Waals surface area contributed by atoms with Crippen LogP contribution in [-0.2, 0) is 0 Å². The van der Waals surface area contributed by atoms with Crippen LogP contribution >= 0.6 is 24.8 Å². The van der Waals surface area contributed by atoms with Crippen LogP contribution in [0.15, 0.2) is 18.2 Å². The fourth-order valence-electron chi connectivity index (χ4n) is 2.72. The average Bonchev–Trinajstić information content (AvgIpc) is 2.38. The van der Waals surface area contributed by atoms with Crippen molar-refractivity contribution >= 4 is 24.8 Å². The molecule has 1 aliphatic heterocycles. The van der Waals surface area contributed by atoms with Gasteiger partial charge in [-0.05, 0) is 25.0 Å². The zero-order valence-electron chi connectivity index (χ0n) is 12.1. The predicted octanol–water partition coefficient (Wildman–Crippen LogP) is 3.01. The molecular weight excluding hydrogens is 293 g/mol. The number of hydrogen-bond acceptors (Lipinski definition) is 3. The van der Waals surface area contributed by atoms with Crippen molar-refractivity contribution in [2.45, 2.75) is 26.3 Å². The average molecular weight is 316 g/mol. The zero-order chi connectivity index (χ0) is 13.0. The molecule has 0 amide bonds. The molecule has 0 bridgehead atoms. The lowest BCUT2D eigenvalue weighted by molar-refractivity contribution is 0.175. The summed E-state index contributed by atoms with van der Waals surface area (Å²) in [5, 5.41) is 12.4. The van der Waals surface area contributed by atoms with Gasteiger partial charge in [0.1, 0.15) is 0 Å². The van der Waals surface area contributed by atoms with Gasteiger partial charge in [0, 0.05) is 32.2 Å². The molecule has 20 heavy (non-hydrogen) atoms. The fourth-order valence-corrected chi connectivity index (χ4v) is 2.72. The van der Waals surface area contributed by atoms with Crippen LogP contribution in [0.4, 0.5) is 0 Å². The van der Waals surface area contributed by atoms with Crippen LogP contribution in [0.1, 0.15) is 29.2 Å². The number of hydrogen-bond donors (Lipinski definition) is 1. The van der Waals surface area contributed by atoms with E-state index in [0.717, 1.165) is 26.2 Å². The maximum absolute atomic E-state index is 9.08. The summed E-state index contributed by atoms with van der Waals surface area (Å²) in [6.45, 7) is 8.36. The molecule has 0 aliphatic carbocycles. The standard InChI is InChI=1S/C15H21N3.2ClH/c1-12-3-4-14(13(2)11-12)15(5-6-16)18-9-7-17-8-10-18;;/h3-4,11,15,17H,5,7-10H2,1-2H3;2*1H/t15-;;/m1../s1. The number of piperazine rings is 1.